The molecule has 0 fully saturated rings. The third-order valence-electron chi connectivity index (χ3n) is 2.53. The van der Waals surface area contributed by atoms with Crippen LogP contribution in [-0.2, 0) is 0 Å². The van der Waals surface area contributed by atoms with Gasteiger partial charge in [-0.1, -0.05) is 17.7 Å². The highest BCUT2D eigenvalue weighted by atomic mass is 79.9. The Kier molecular flexibility index (Phi) is 2.70. The van der Waals surface area contributed by atoms with Gasteiger partial charge in [-0.25, -0.2) is 0 Å². The van der Waals surface area contributed by atoms with Crippen molar-refractivity contribution in [3.63, 3.8) is 0 Å². The summed E-state index contributed by atoms with van der Waals surface area (Å²) in [7, 11) is 0. The number of aryl methyl sites for hydroxylation is 3. The first kappa shape index (κ1) is 10.5. The summed E-state index contributed by atoms with van der Waals surface area (Å²) in [5.74, 6) is 0. The third-order valence-corrected chi connectivity index (χ3v) is 2.95. The van der Waals surface area contributed by atoms with Gasteiger partial charge in [0, 0.05) is 5.56 Å². The number of rotatable bonds is 1. The number of furan rings is 1. The molecule has 0 atom stereocenters. The van der Waals surface area contributed by atoms with Crippen LogP contribution >= 0.6 is 15.9 Å². The molecule has 1 nitrogen and oxygen atoms in total. The summed E-state index contributed by atoms with van der Waals surface area (Å²) in [6.45, 7) is 6.39. The highest BCUT2D eigenvalue weighted by Gasteiger charge is 2.08. The maximum atomic E-state index is 5.28. The van der Waals surface area contributed by atoms with Crippen LogP contribution in [0.25, 0.3) is 11.1 Å². The Bertz CT molecular complexity index is 474. The molecule has 0 aliphatic rings. The number of hydrogen-bond donors (Lipinski definition) is 0. The summed E-state index contributed by atoms with van der Waals surface area (Å²) >= 11 is 3.33. The first-order valence-electron chi connectivity index (χ1n) is 4.90. The van der Waals surface area contributed by atoms with E-state index in [1.54, 1.807) is 6.26 Å². The summed E-state index contributed by atoms with van der Waals surface area (Å²) < 4.78 is 6.05. The lowest BCUT2D eigenvalue weighted by Crippen LogP contribution is -1.88. The normalized spacial score (nSPS) is 10.7. The van der Waals surface area contributed by atoms with E-state index in [1.807, 2.05) is 6.07 Å². The van der Waals surface area contributed by atoms with Gasteiger partial charge < -0.3 is 4.42 Å². The van der Waals surface area contributed by atoms with Crippen molar-refractivity contribution in [1.29, 1.82) is 0 Å². The van der Waals surface area contributed by atoms with Crippen molar-refractivity contribution in [1.82, 2.24) is 0 Å². The van der Waals surface area contributed by atoms with E-state index in [0.29, 0.717) is 0 Å². The van der Waals surface area contributed by atoms with Crippen molar-refractivity contribution in [2.45, 2.75) is 20.8 Å². The van der Waals surface area contributed by atoms with Gasteiger partial charge in [0.2, 0.25) is 0 Å². The topological polar surface area (TPSA) is 13.1 Å². The van der Waals surface area contributed by atoms with Gasteiger partial charge in [0.1, 0.15) is 0 Å². The molecule has 0 aliphatic carbocycles. The van der Waals surface area contributed by atoms with Crippen LogP contribution in [-0.4, -0.2) is 0 Å². The average molecular weight is 265 g/mol. The van der Waals surface area contributed by atoms with Crippen molar-refractivity contribution >= 4 is 15.9 Å². The molecule has 0 bridgehead atoms. The zero-order valence-electron chi connectivity index (χ0n) is 9.10. The van der Waals surface area contributed by atoms with Crippen molar-refractivity contribution < 1.29 is 4.42 Å². The molecule has 0 N–H and O–H groups in total. The standard InChI is InChI=1S/C13H13BrO/c1-8-4-9(2)13(10(3)5-8)11-6-12(14)15-7-11/h4-7H,1-3H3. The zero-order chi connectivity index (χ0) is 11.0. The van der Waals surface area contributed by atoms with E-state index in [4.69, 9.17) is 4.42 Å². The highest BCUT2D eigenvalue weighted by molar-refractivity contribution is 9.10. The number of benzene rings is 1. The first-order valence-corrected chi connectivity index (χ1v) is 5.69. The molecule has 0 saturated carbocycles. The Morgan fingerprint density at radius 1 is 1.00 bits per heavy atom. The van der Waals surface area contributed by atoms with E-state index in [-0.39, 0.29) is 0 Å². The Labute approximate surface area is 98.2 Å². The van der Waals surface area contributed by atoms with Crippen LogP contribution < -0.4 is 0 Å². The van der Waals surface area contributed by atoms with E-state index in [2.05, 4.69) is 48.8 Å². The fourth-order valence-corrected chi connectivity index (χ4v) is 2.42. The third kappa shape index (κ3) is 2.00. The Morgan fingerprint density at radius 2 is 1.60 bits per heavy atom. The van der Waals surface area contributed by atoms with Crippen LogP contribution in [0.4, 0.5) is 0 Å². The molecule has 2 rings (SSSR count). The summed E-state index contributed by atoms with van der Waals surface area (Å²) in [5, 5.41) is 0. The molecule has 0 aliphatic heterocycles. The molecule has 1 heterocycles. The van der Waals surface area contributed by atoms with Crippen LogP contribution in [0.5, 0.6) is 0 Å². The minimum absolute atomic E-state index is 0.775. The smallest absolute Gasteiger partial charge is 0.169 e. The molecule has 0 amide bonds. The quantitative estimate of drug-likeness (QED) is 0.732. The zero-order valence-corrected chi connectivity index (χ0v) is 10.7. The van der Waals surface area contributed by atoms with E-state index in [9.17, 15) is 0 Å². The van der Waals surface area contributed by atoms with Crippen LogP contribution in [0.3, 0.4) is 0 Å². The predicted molar refractivity (Wildman–Crippen MR) is 66.1 cm³/mol. The monoisotopic (exact) mass is 264 g/mol. The Morgan fingerprint density at radius 3 is 2.07 bits per heavy atom. The molecular weight excluding hydrogens is 252 g/mol. The second-order valence-corrected chi connectivity index (χ2v) is 4.69. The van der Waals surface area contributed by atoms with E-state index in [0.717, 1.165) is 10.2 Å². The van der Waals surface area contributed by atoms with E-state index < -0.39 is 0 Å². The predicted octanol–water partition coefficient (Wildman–Crippen LogP) is 4.63. The fraction of sp³-hybridized carbons (Fsp3) is 0.231. The lowest BCUT2D eigenvalue weighted by atomic mass is 9.96. The highest BCUT2D eigenvalue weighted by Crippen LogP contribution is 2.31. The second-order valence-electron chi connectivity index (χ2n) is 3.91. The van der Waals surface area contributed by atoms with Gasteiger partial charge >= 0.3 is 0 Å². The van der Waals surface area contributed by atoms with Crippen LogP contribution in [0.1, 0.15) is 16.7 Å². The minimum atomic E-state index is 0.775. The van der Waals surface area contributed by atoms with Gasteiger partial charge in [0.05, 0.1) is 6.26 Å². The molecule has 0 unspecified atom stereocenters. The molecular formula is C13H13BrO. The van der Waals surface area contributed by atoms with Gasteiger partial charge in [-0.05, 0) is 59.5 Å². The van der Waals surface area contributed by atoms with Gasteiger partial charge in [0.25, 0.3) is 0 Å². The molecule has 2 aromatic rings. The van der Waals surface area contributed by atoms with Crippen molar-refractivity contribution in [2.75, 3.05) is 0 Å². The van der Waals surface area contributed by atoms with Gasteiger partial charge in [0.15, 0.2) is 4.67 Å². The van der Waals surface area contributed by atoms with Gasteiger partial charge in [-0.3, -0.25) is 0 Å². The lowest BCUT2D eigenvalue weighted by Gasteiger charge is -2.08. The summed E-state index contributed by atoms with van der Waals surface area (Å²) in [6, 6.07) is 6.40. The van der Waals surface area contributed by atoms with E-state index in [1.165, 1.54) is 22.3 Å². The van der Waals surface area contributed by atoms with Crippen LogP contribution in [0.2, 0.25) is 0 Å². The Balaban J connectivity index is 2.62. The molecule has 0 radical (unpaired) electrons. The molecule has 78 valence electrons. The maximum absolute atomic E-state index is 5.28. The molecule has 0 saturated heterocycles. The number of hydrogen-bond acceptors (Lipinski definition) is 1. The molecule has 0 spiro atoms. The largest absolute Gasteiger partial charge is 0.457 e. The summed E-state index contributed by atoms with van der Waals surface area (Å²) in [4.78, 5) is 0. The Hall–Kier alpha value is -1.02. The van der Waals surface area contributed by atoms with Crippen molar-refractivity contribution in [3.05, 3.63) is 45.8 Å². The average Bonchev–Trinajstić information content (AvgIpc) is 2.49. The maximum Gasteiger partial charge on any atom is 0.169 e. The lowest BCUT2D eigenvalue weighted by molar-refractivity contribution is 0.542. The number of halogens is 1. The molecule has 15 heavy (non-hydrogen) atoms. The molecule has 2 heteroatoms. The van der Waals surface area contributed by atoms with Crippen molar-refractivity contribution in [3.8, 4) is 11.1 Å². The minimum Gasteiger partial charge on any atom is -0.457 e. The van der Waals surface area contributed by atoms with Crippen molar-refractivity contribution in [2.24, 2.45) is 0 Å². The summed E-state index contributed by atoms with van der Waals surface area (Å²) in [6.07, 6.45) is 1.79. The summed E-state index contributed by atoms with van der Waals surface area (Å²) in [5.41, 5.74) is 6.30. The fourth-order valence-electron chi connectivity index (χ4n) is 2.08. The van der Waals surface area contributed by atoms with Crippen LogP contribution in [0, 0.1) is 20.8 Å². The van der Waals surface area contributed by atoms with Gasteiger partial charge in [-0.15, -0.1) is 0 Å². The van der Waals surface area contributed by atoms with Gasteiger partial charge in [-0.2, -0.15) is 0 Å². The SMILES string of the molecule is Cc1cc(C)c(-c2coc(Br)c2)c(C)c1. The molecule has 1 aromatic heterocycles. The first-order chi connectivity index (χ1) is 7.08. The van der Waals surface area contributed by atoms with Crippen LogP contribution in [0.15, 0.2) is 33.5 Å². The van der Waals surface area contributed by atoms with E-state index >= 15 is 0 Å². The molecule has 1 aromatic carbocycles. The second kappa shape index (κ2) is 3.86.